The fourth-order valence-electron chi connectivity index (χ4n) is 3.57. The molecule has 3 nitrogen and oxygen atoms in total. The normalized spacial score (nSPS) is 18.7. The molecule has 1 fully saturated rings. The van der Waals surface area contributed by atoms with Crippen molar-refractivity contribution in [3.63, 3.8) is 0 Å². The van der Waals surface area contributed by atoms with Crippen molar-refractivity contribution in [1.82, 2.24) is 4.31 Å². The third kappa shape index (κ3) is 1.98. The molecule has 2 aliphatic rings. The van der Waals surface area contributed by atoms with E-state index in [1.165, 1.54) is 5.56 Å². The van der Waals surface area contributed by atoms with Crippen molar-refractivity contribution in [2.45, 2.75) is 30.6 Å². The van der Waals surface area contributed by atoms with Gasteiger partial charge in [0.25, 0.3) is 0 Å². The minimum absolute atomic E-state index is 0.508. The smallest absolute Gasteiger partial charge is 0.207 e. The predicted octanol–water partition coefficient (Wildman–Crippen LogP) is 3.49. The highest BCUT2D eigenvalue weighted by Crippen LogP contribution is 2.40. The van der Waals surface area contributed by atoms with E-state index in [9.17, 15) is 8.42 Å². The number of nitrogens with zero attached hydrogens (tertiary/aromatic N) is 1. The fourth-order valence-corrected chi connectivity index (χ4v) is 6.08. The van der Waals surface area contributed by atoms with Gasteiger partial charge in [-0.3, -0.25) is 0 Å². The lowest BCUT2D eigenvalue weighted by atomic mass is 10.1. The lowest BCUT2D eigenvalue weighted by Crippen LogP contribution is -2.28. The summed E-state index contributed by atoms with van der Waals surface area (Å²) in [5.74, 6) is 0. The summed E-state index contributed by atoms with van der Waals surface area (Å²) in [5.41, 5.74) is 2.28. The van der Waals surface area contributed by atoms with Crippen LogP contribution in [-0.2, 0) is 22.9 Å². The maximum Gasteiger partial charge on any atom is 0.243 e. The first-order valence-corrected chi connectivity index (χ1v) is 9.55. The second-order valence-electron chi connectivity index (χ2n) is 5.79. The van der Waals surface area contributed by atoms with Crippen LogP contribution in [0.4, 0.5) is 0 Å². The molecule has 5 heteroatoms. The zero-order valence-corrected chi connectivity index (χ0v) is 14.0. The molecule has 0 N–H and O–H groups in total. The van der Waals surface area contributed by atoms with E-state index in [4.69, 9.17) is 0 Å². The molecule has 4 rings (SSSR count). The highest BCUT2D eigenvalue weighted by Gasteiger charge is 2.32. The van der Waals surface area contributed by atoms with Crippen LogP contribution in [0.15, 0.2) is 33.6 Å². The Balaban J connectivity index is 2.00. The van der Waals surface area contributed by atoms with E-state index in [1.54, 1.807) is 10.4 Å². The Morgan fingerprint density at radius 1 is 1.10 bits per heavy atom. The molecule has 2 aromatic rings. The molecule has 1 aliphatic heterocycles. The summed E-state index contributed by atoms with van der Waals surface area (Å²) in [4.78, 5) is 0.508. The fraction of sp³-hybridized carbons (Fsp3) is 0.375. The van der Waals surface area contributed by atoms with Crippen LogP contribution < -0.4 is 0 Å². The highest BCUT2D eigenvalue weighted by molar-refractivity contribution is 9.10. The van der Waals surface area contributed by atoms with Crippen LogP contribution in [0.25, 0.3) is 10.8 Å². The van der Waals surface area contributed by atoms with Gasteiger partial charge < -0.3 is 0 Å². The summed E-state index contributed by atoms with van der Waals surface area (Å²) in [7, 11) is -3.36. The molecule has 1 heterocycles. The molecule has 21 heavy (non-hydrogen) atoms. The van der Waals surface area contributed by atoms with Crippen LogP contribution in [0.1, 0.15) is 24.0 Å². The quantitative estimate of drug-likeness (QED) is 0.816. The number of hydrogen-bond acceptors (Lipinski definition) is 2. The Morgan fingerprint density at radius 3 is 2.62 bits per heavy atom. The molecular weight excluding hydrogens is 350 g/mol. The molecular formula is C16H16BrNO2S. The maximum absolute atomic E-state index is 12.9. The third-order valence-corrected chi connectivity index (χ3v) is 7.21. The van der Waals surface area contributed by atoms with Gasteiger partial charge in [0.1, 0.15) is 0 Å². The van der Waals surface area contributed by atoms with Crippen LogP contribution >= 0.6 is 15.9 Å². The van der Waals surface area contributed by atoms with E-state index in [2.05, 4.69) is 28.1 Å². The van der Waals surface area contributed by atoms with Crippen molar-refractivity contribution in [3.05, 3.63) is 39.9 Å². The molecule has 0 amide bonds. The molecule has 1 aliphatic carbocycles. The molecule has 0 bridgehead atoms. The van der Waals surface area contributed by atoms with Crippen molar-refractivity contribution in [1.29, 1.82) is 0 Å². The lowest BCUT2D eigenvalue weighted by molar-refractivity contribution is 0.477. The van der Waals surface area contributed by atoms with E-state index in [0.29, 0.717) is 18.0 Å². The second-order valence-corrected chi connectivity index (χ2v) is 8.55. The van der Waals surface area contributed by atoms with E-state index >= 15 is 0 Å². The summed E-state index contributed by atoms with van der Waals surface area (Å²) in [6.07, 6.45) is 3.69. The first-order chi connectivity index (χ1) is 10.1. The second kappa shape index (κ2) is 4.80. The van der Waals surface area contributed by atoms with Crippen LogP contribution in [0.3, 0.4) is 0 Å². The monoisotopic (exact) mass is 365 g/mol. The molecule has 0 radical (unpaired) electrons. The minimum atomic E-state index is -3.36. The van der Waals surface area contributed by atoms with Gasteiger partial charge in [0.15, 0.2) is 0 Å². The first kappa shape index (κ1) is 13.7. The van der Waals surface area contributed by atoms with Crippen molar-refractivity contribution in [2.75, 3.05) is 13.1 Å². The number of benzene rings is 2. The van der Waals surface area contributed by atoms with Gasteiger partial charge in [-0.15, -0.1) is 0 Å². The number of rotatable bonds is 2. The average molecular weight is 366 g/mol. The molecule has 0 unspecified atom stereocenters. The molecule has 110 valence electrons. The van der Waals surface area contributed by atoms with E-state index in [1.807, 2.05) is 6.07 Å². The van der Waals surface area contributed by atoms with Crippen LogP contribution in [-0.4, -0.2) is 25.8 Å². The number of halogens is 1. The van der Waals surface area contributed by atoms with Gasteiger partial charge in [-0.05, 0) is 53.6 Å². The molecule has 0 spiro atoms. The van der Waals surface area contributed by atoms with E-state index < -0.39 is 10.0 Å². The SMILES string of the molecule is O=S(=O)(c1cc(Br)c2cccc3c2c1CC3)N1CCCC1. The summed E-state index contributed by atoms with van der Waals surface area (Å²) >= 11 is 3.56. The van der Waals surface area contributed by atoms with Crippen molar-refractivity contribution in [2.24, 2.45) is 0 Å². The average Bonchev–Trinajstić information content (AvgIpc) is 3.13. The predicted molar refractivity (Wildman–Crippen MR) is 87.0 cm³/mol. The minimum Gasteiger partial charge on any atom is -0.207 e. The summed E-state index contributed by atoms with van der Waals surface area (Å²) in [5, 5.41) is 2.27. The summed E-state index contributed by atoms with van der Waals surface area (Å²) in [6.45, 7) is 1.30. The lowest BCUT2D eigenvalue weighted by Gasteiger charge is -2.18. The number of aryl methyl sites for hydroxylation is 2. The van der Waals surface area contributed by atoms with Gasteiger partial charge in [-0.1, -0.05) is 34.1 Å². The topological polar surface area (TPSA) is 37.4 Å². The highest BCUT2D eigenvalue weighted by atomic mass is 79.9. The largest absolute Gasteiger partial charge is 0.243 e. The zero-order valence-electron chi connectivity index (χ0n) is 11.6. The Labute approximate surface area is 133 Å². The van der Waals surface area contributed by atoms with Crippen molar-refractivity contribution >= 4 is 36.7 Å². The molecule has 0 atom stereocenters. The molecule has 2 aromatic carbocycles. The van der Waals surface area contributed by atoms with Gasteiger partial charge >= 0.3 is 0 Å². The Morgan fingerprint density at radius 2 is 1.86 bits per heavy atom. The van der Waals surface area contributed by atoms with Gasteiger partial charge in [-0.25, -0.2) is 8.42 Å². The third-order valence-electron chi connectivity index (χ3n) is 4.59. The number of hydrogen-bond donors (Lipinski definition) is 0. The van der Waals surface area contributed by atoms with Crippen LogP contribution in [0, 0.1) is 0 Å². The van der Waals surface area contributed by atoms with E-state index in [0.717, 1.165) is 46.5 Å². The van der Waals surface area contributed by atoms with Crippen LogP contribution in [0.2, 0.25) is 0 Å². The standard InChI is InChI=1S/C16H16BrNO2S/c17-14-10-15(21(19,20)18-8-1-2-9-18)13-7-6-11-4-3-5-12(14)16(11)13/h3-5,10H,1-2,6-9H2. The Hall–Kier alpha value is -0.910. The molecule has 1 saturated heterocycles. The van der Waals surface area contributed by atoms with Crippen molar-refractivity contribution in [3.8, 4) is 0 Å². The Kier molecular flexibility index (Phi) is 3.14. The van der Waals surface area contributed by atoms with Gasteiger partial charge in [-0.2, -0.15) is 4.31 Å². The van der Waals surface area contributed by atoms with E-state index in [-0.39, 0.29) is 0 Å². The number of sulfonamides is 1. The van der Waals surface area contributed by atoms with Gasteiger partial charge in [0.2, 0.25) is 10.0 Å². The van der Waals surface area contributed by atoms with Crippen LogP contribution in [0.5, 0.6) is 0 Å². The molecule has 0 saturated carbocycles. The maximum atomic E-state index is 12.9. The van der Waals surface area contributed by atoms with Gasteiger partial charge in [0, 0.05) is 17.6 Å². The Bertz CT molecular complexity index is 839. The first-order valence-electron chi connectivity index (χ1n) is 7.32. The zero-order chi connectivity index (χ0) is 14.6. The van der Waals surface area contributed by atoms with Crippen molar-refractivity contribution < 1.29 is 8.42 Å². The summed E-state index contributed by atoms with van der Waals surface area (Å²) < 4.78 is 28.4. The molecule has 0 aromatic heterocycles. The van der Waals surface area contributed by atoms with Gasteiger partial charge in [0.05, 0.1) is 4.90 Å². The summed E-state index contributed by atoms with van der Waals surface area (Å²) in [6, 6.07) is 8.02.